The average Bonchev–Trinajstić information content (AvgIpc) is 2.41. The van der Waals surface area contributed by atoms with E-state index in [4.69, 9.17) is 4.74 Å². The normalized spacial score (nSPS) is 11.5. The van der Waals surface area contributed by atoms with Gasteiger partial charge in [-0.15, -0.1) is 0 Å². The Morgan fingerprint density at radius 3 is 2.53 bits per heavy atom. The van der Waals surface area contributed by atoms with Crippen LogP contribution in [0.15, 0.2) is 18.5 Å². The van der Waals surface area contributed by atoms with Crippen molar-refractivity contribution in [2.75, 3.05) is 26.8 Å². The third-order valence-corrected chi connectivity index (χ3v) is 3.44. The van der Waals surface area contributed by atoms with Crippen molar-refractivity contribution in [1.29, 1.82) is 0 Å². The van der Waals surface area contributed by atoms with E-state index >= 15 is 0 Å². The molecule has 0 aliphatic rings. The van der Waals surface area contributed by atoms with Crippen LogP contribution in [0.4, 0.5) is 0 Å². The van der Waals surface area contributed by atoms with Crippen LogP contribution in [0, 0.1) is 0 Å². The van der Waals surface area contributed by atoms with Crippen LogP contribution in [0.25, 0.3) is 0 Å². The van der Waals surface area contributed by atoms with Crippen LogP contribution < -0.4 is 0 Å². The molecule has 0 aromatic carbocycles. The predicted molar refractivity (Wildman–Crippen MR) is 80.5 cm³/mol. The first-order chi connectivity index (χ1) is 9.13. The molecular weight excluding hydrogens is 236 g/mol. The lowest BCUT2D eigenvalue weighted by Crippen LogP contribution is -2.28. The second-order valence-electron chi connectivity index (χ2n) is 5.33. The van der Waals surface area contributed by atoms with E-state index in [-0.39, 0.29) is 0 Å². The number of likely N-dealkylation sites (N-methyl/N-ethyl adjacent to an activating group) is 1. The van der Waals surface area contributed by atoms with Gasteiger partial charge in [0.1, 0.15) is 0 Å². The number of pyridine rings is 1. The zero-order chi connectivity index (χ0) is 14.1. The Morgan fingerprint density at radius 2 is 1.89 bits per heavy atom. The van der Waals surface area contributed by atoms with E-state index in [2.05, 4.69) is 36.8 Å². The zero-order valence-electron chi connectivity index (χ0n) is 12.9. The second-order valence-corrected chi connectivity index (χ2v) is 5.33. The van der Waals surface area contributed by atoms with Crippen molar-refractivity contribution < 1.29 is 4.74 Å². The van der Waals surface area contributed by atoms with Crippen LogP contribution in [0.2, 0.25) is 0 Å². The van der Waals surface area contributed by atoms with Crippen molar-refractivity contribution in [3.63, 3.8) is 0 Å². The number of ether oxygens (including phenoxy) is 1. The fourth-order valence-corrected chi connectivity index (χ4v) is 1.90. The quantitative estimate of drug-likeness (QED) is 0.641. The van der Waals surface area contributed by atoms with Crippen LogP contribution in [-0.4, -0.2) is 42.7 Å². The molecule has 3 heteroatoms. The summed E-state index contributed by atoms with van der Waals surface area (Å²) in [6.07, 6.45) is 7.16. The molecule has 0 saturated heterocycles. The van der Waals surface area contributed by atoms with Gasteiger partial charge in [0, 0.05) is 38.2 Å². The van der Waals surface area contributed by atoms with Gasteiger partial charge in [-0.25, -0.2) is 0 Å². The summed E-state index contributed by atoms with van der Waals surface area (Å²) >= 11 is 0. The minimum Gasteiger partial charge on any atom is -0.382 e. The topological polar surface area (TPSA) is 25.4 Å². The summed E-state index contributed by atoms with van der Waals surface area (Å²) in [5.74, 6) is 0. The third-order valence-electron chi connectivity index (χ3n) is 3.44. The van der Waals surface area contributed by atoms with Crippen LogP contribution in [0.5, 0.6) is 0 Å². The fraction of sp³-hybridized carbons (Fsp3) is 0.688. The maximum Gasteiger partial charge on any atom is 0.0469 e. The van der Waals surface area contributed by atoms with Crippen LogP contribution in [0.1, 0.15) is 38.3 Å². The molecule has 0 radical (unpaired) electrons. The monoisotopic (exact) mass is 264 g/mol. The molecule has 1 aromatic rings. The van der Waals surface area contributed by atoms with E-state index in [0.29, 0.717) is 6.04 Å². The number of nitrogens with zero attached hydrogens (tertiary/aromatic N) is 2. The SMILES string of the molecule is CCOCCCc1cncc(CCN(C)C(C)C)c1. The van der Waals surface area contributed by atoms with Crippen molar-refractivity contribution in [3.05, 3.63) is 29.6 Å². The summed E-state index contributed by atoms with van der Waals surface area (Å²) in [6, 6.07) is 2.88. The van der Waals surface area contributed by atoms with Gasteiger partial charge in [0.05, 0.1) is 0 Å². The molecular formula is C16H28N2O. The molecule has 0 bridgehead atoms. The van der Waals surface area contributed by atoms with Gasteiger partial charge in [-0.2, -0.15) is 0 Å². The van der Waals surface area contributed by atoms with E-state index in [9.17, 15) is 0 Å². The van der Waals surface area contributed by atoms with Crippen molar-refractivity contribution in [2.24, 2.45) is 0 Å². The molecule has 0 amide bonds. The molecule has 0 atom stereocenters. The molecule has 0 saturated carbocycles. The van der Waals surface area contributed by atoms with Gasteiger partial charge in [0.25, 0.3) is 0 Å². The summed E-state index contributed by atoms with van der Waals surface area (Å²) < 4.78 is 5.36. The van der Waals surface area contributed by atoms with E-state index < -0.39 is 0 Å². The van der Waals surface area contributed by atoms with Gasteiger partial charge in [0.2, 0.25) is 0 Å². The first-order valence-corrected chi connectivity index (χ1v) is 7.34. The maximum atomic E-state index is 5.36. The van der Waals surface area contributed by atoms with Crippen molar-refractivity contribution >= 4 is 0 Å². The van der Waals surface area contributed by atoms with Crippen molar-refractivity contribution in [1.82, 2.24) is 9.88 Å². The highest BCUT2D eigenvalue weighted by molar-refractivity contribution is 5.18. The average molecular weight is 264 g/mol. The predicted octanol–water partition coefficient (Wildman–Crippen LogP) is 2.93. The standard InChI is InChI=1S/C16H28N2O/c1-5-19-10-6-7-15-11-16(13-17-12-15)8-9-18(4)14(2)3/h11-14H,5-10H2,1-4H3. The van der Waals surface area contributed by atoms with E-state index in [1.54, 1.807) is 0 Å². The lowest BCUT2D eigenvalue weighted by atomic mass is 10.1. The molecule has 0 spiro atoms. The lowest BCUT2D eigenvalue weighted by molar-refractivity contribution is 0.145. The van der Waals surface area contributed by atoms with Gasteiger partial charge in [-0.3, -0.25) is 4.98 Å². The summed E-state index contributed by atoms with van der Waals surface area (Å²) in [5, 5.41) is 0. The number of aryl methyl sites for hydroxylation is 1. The van der Waals surface area contributed by atoms with Gasteiger partial charge < -0.3 is 9.64 Å². The highest BCUT2D eigenvalue weighted by atomic mass is 16.5. The number of aromatic nitrogens is 1. The highest BCUT2D eigenvalue weighted by Gasteiger charge is 2.04. The third kappa shape index (κ3) is 6.69. The first kappa shape index (κ1) is 16.1. The molecule has 1 aromatic heterocycles. The van der Waals surface area contributed by atoms with Crippen molar-refractivity contribution in [3.8, 4) is 0 Å². The molecule has 19 heavy (non-hydrogen) atoms. The minimum absolute atomic E-state index is 0.599. The van der Waals surface area contributed by atoms with Crippen LogP contribution in [-0.2, 0) is 17.6 Å². The number of rotatable bonds is 9. The Balaban J connectivity index is 2.39. The Bertz CT molecular complexity index is 352. The Morgan fingerprint density at radius 1 is 1.21 bits per heavy atom. The molecule has 0 fully saturated rings. The summed E-state index contributed by atoms with van der Waals surface area (Å²) in [7, 11) is 2.17. The molecule has 0 N–H and O–H groups in total. The zero-order valence-corrected chi connectivity index (χ0v) is 12.9. The Hall–Kier alpha value is -0.930. The molecule has 3 nitrogen and oxygen atoms in total. The minimum atomic E-state index is 0.599. The second kappa shape index (κ2) is 9.05. The Kier molecular flexibility index (Phi) is 7.68. The molecule has 0 aliphatic heterocycles. The molecule has 0 aliphatic carbocycles. The van der Waals surface area contributed by atoms with Gasteiger partial charge in [0.15, 0.2) is 0 Å². The molecule has 108 valence electrons. The van der Waals surface area contributed by atoms with Crippen LogP contribution >= 0.6 is 0 Å². The first-order valence-electron chi connectivity index (χ1n) is 7.34. The summed E-state index contributed by atoms with van der Waals surface area (Å²) in [4.78, 5) is 6.71. The van der Waals surface area contributed by atoms with E-state index in [1.165, 1.54) is 11.1 Å². The van der Waals surface area contributed by atoms with Gasteiger partial charge in [-0.05, 0) is 58.2 Å². The summed E-state index contributed by atoms with van der Waals surface area (Å²) in [5.41, 5.74) is 2.66. The molecule has 1 rings (SSSR count). The van der Waals surface area contributed by atoms with E-state index in [0.717, 1.165) is 39.0 Å². The van der Waals surface area contributed by atoms with Gasteiger partial charge >= 0.3 is 0 Å². The van der Waals surface area contributed by atoms with E-state index in [1.807, 2.05) is 19.3 Å². The van der Waals surface area contributed by atoms with Gasteiger partial charge in [-0.1, -0.05) is 6.07 Å². The largest absolute Gasteiger partial charge is 0.382 e. The molecule has 1 heterocycles. The lowest BCUT2D eigenvalue weighted by Gasteiger charge is -2.20. The number of hydrogen-bond acceptors (Lipinski definition) is 3. The fourth-order valence-electron chi connectivity index (χ4n) is 1.90. The Labute approximate surface area is 118 Å². The van der Waals surface area contributed by atoms with Crippen molar-refractivity contribution in [2.45, 2.75) is 46.1 Å². The summed E-state index contributed by atoms with van der Waals surface area (Å²) in [6.45, 7) is 9.22. The smallest absolute Gasteiger partial charge is 0.0469 e. The molecule has 0 unspecified atom stereocenters. The van der Waals surface area contributed by atoms with Crippen LogP contribution in [0.3, 0.4) is 0 Å². The number of hydrogen-bond donors (Lipinski definition) is 0. The highest BCUT2D eigenvalue weighted by Crippen LogP contribution is 2.07. The maximum absolute atomic E-state index is 5.36.